The summed E-state index contributed by atoms with van der Waals surface area (Å²) in [6, 6.07) is 11.0. The second kappa shape index (κ2) is 6.67. The van der Waals surface area contributed by atoms with E-state index < -0.39 is 11.6 Å². The maximum Gasteiger partial charge on any atom is 0.351 e. The largest absolute Gasteiger partial charge is 0.493 e. The molecule has 24 heavy (non-hydrogen) atoms. The van der Waals surface area contributed by atoms with Gasteiger partial charge in [-0.25, -0.2) is 9.59 Å². The lowest BCUT2D eigenvalue weighted by atomic mass is 10.2. The molecule has 0 amide bonds. The van der Waals surface area contributed by atoms with E-state index in [2.05, 4.69) is 15.9 Å². The van der Waals surface area contributed by atoms with Gasteiger partial charge in [-0.3, -0.25) is 0 Å². The third kappa shape index (κ3) is 3.29. The molecule has 5 nitrogen and oxygen atoms in total. The molecule has 0 atom stereocenters. The highest BCUT2D eigenvalue weighted by Crippen LogP contribution is 2.29. The van der Waals surface area contributed by atoms with Gasteiger partial charge in [0.2, 0.25) is 0 Å². The fourth-order valence-corrected chi connectivity index (χ4v) is 2.71. The van der Waals surface area contributed by atoms with Gasteiger partial charge in [0.15, 0.2) is 11.3 Å². The number of halogens is 2. The first-order valence-electron chi connectivity index (χ1n) is 6.77. The second-order valence-electron chi connectivity index (χ2n) is 4.82. The van der Waals surface area contributed by atoms with Crippen LogP contribution in [0.25, 0.3) is 11.0 Å². The maximum atomic E-state index is 12.2. The van der Waals surface area contributed by atoms with Crippen molar-refractivity contribution in [2.75, 3.05) is 7.11 Å². The topological polar surface area (TPSA) is 65.7 Å². The average molecular weight is 410 g/mol. The fraction of sp³-hybridized carbons (Fsp3) is 0.0588. The summed E-state index contributed by atoms with van der Waals surface area (Å²) in [5, 5.41) is 1.04. The van der Waals surface area contributed by atoms with Gasteiger partial charge < -0.3 is 13.9 Å². The number of methoxy groups -OCH3 is 1. The molecule has 0 saturated carbocycles. The number of fused-ring (bicyclic) bond motifs is 1. The summed E-state index contributed by atoms with van der Waals surface area (Å²) >= 11 is 9.11. The number of hydrogen-bond acceptors (Lipinski definition) is 5. The monoisotopic (exact) mass is 408 g/mol. The van der Waals surface area contributed by atoms with E-state index in [1.165, 1.54) is 25.3 Å². The normalized spacial score (nSPS) is 10.6. The lowest BCUT2D eigenvalue weighted by Crippen LogP contribution is -2.18. The minimum atomic E-state index is -0.813. The quantitative estimate of drug-likeness (QED) is 0.363. The molecule has 0 spiro atoms. The summed E-state index contributed by atoms with van der Waals surface area (Å²) in [5.74, 6) is -0.156. The molecule has 0 unspecified atom stereocenters. The van der Waals surface area contributed by atoms with Gasteiger partial charge >= 0.3 is 11.6 Å². The number of carbonyl (C=O) groups excluding carboxylic acids is 1. The Labute approximate surface area is 149 Å². The van der Waals surface area contributed by atoms with E-state index in [0.29, 0.717) is 16.2 Å². The number of benzene rings is 2. The zero-order chi connectivity index (χ0) is 17.3. The zero-order valence-corrected chi connectivity index (χ0v) is 14.7. The molecule has 3 rings (SSSR count). The van der Waals surface area contributed by atoms with E-state index in [1.807, 2.05) is 0 Å². The minimum Gasteiger partial charge on any atom is -0.493 e. The average Bonchev–Trinajstić information content (AvgIpc) is 2.56. The van der Waals surface area contributed by atoms with Crippen molar-refractivity contribution in [1.82, 2.24) is 0 Å². The summed E-state index contributed by atoms with van der Waals surface area (Å²) in [5.41, 5.74) is -0.756. The summed E-state index contributed by atoms with van der Waals surface area (Å²) in [6.07, 6.45) is 0. The van der Waals surface area contributed by atoms with Crippen molar-refractivity contribution in [1.29, 1.82) is 0 Å². The van der Waals surface area contributed by atoms with Gasteiger partial charge in [-0.1, -0.05) is 27.5 Å². The maximum absolute atomic E-state index is 12.2. The molecular formula is C17H10BrClO5. The number of ether oxygens (including phenoxy) is 2. The Hall–Kier alpha value is -2.31. The van der Waals surface area contributed by atoms with Gasteiger partial charge in [0.25, 0.3) is 0 Å². The van der Waals surface area contributed by atoms with E-state index in [1.54, 1.807) is 24.3 Å². The van der Waals surface area contributed by atoms with Crippen molar-refractivity contribution < 1.29 is 18.7 Å². The van der Waals surface area contributed by atoms with Gasteiger partial charge in [0.05, 0.1) is 7.11 Å². The predicted octanol–water partition coefficient (Wildman–Crippen LogP) is 4.44. The Balaban J connectivity index is 2.02. The molecule has 0 bridgehead atoms. The Morgan fingerprint density at radius 1 is 1.17 bits per heavy atom. The summed E-state index contributed by atoms with van der Waals surface area (Å²) < 4.78 is 16.3. The minimum absolute atomic E-state index is 0.211. The highest BCUT2D eigenvalue weighted by atomic mass is 79.9. The second-order valence-corrected chi connectivity index (χ2v) is 6.17. The third-order valence-corrected chi connectivity index (χ3v) is 3.94. The predicted molar refractivity (Wildman–Crippen MR) is 93.1 cm³/mol. The first kappa shape index (κ1) is 16.5. The SMILES string of the molecule is COc1cc(Br)cc2cc(C(=O)Oc3ccc(Cl)cc3)c(=O)oc12. The Morgan fingerprint density at radius 3 is 2.54 bits per heavy atom. The van der Waals surface area contributed by atoms with Crippen LogP contribution in [0, 0.1) is 0 Å². The lowest BCUT2D eigenvalue weighted by Gasteiger charge is -2.07. The molecule has 1 heterocycles. The standard InChI is InChI=1S/C17H10BrClO5/c1-22-14-8-10(18)6-9-7-13(17(21)24-15(9)14)16(20)23-12-4-2-11(19)3-5-12/h2-8H,1H3. The van der Waals surface area contributed by atoms with Crippen molar-refractivity contribution in [3.8, 4) is 11.5 Å². The molecule has 3 aromatic rings. The van der Waals surface area contributed by atoms with Crippen LogP contribution in [0.3, 0.4) is 0 Å². The molecule has 0 N–H and O–H groups in total. The molecule has 2 aromatic carbocycles. The van der Waals surface area contributed by atoms with E-state index in [-0.39, 0.29) is 16.9 Å². The molecule has 0 aliphatic heterocycles. The fourth-order valence-electron chi connectivity index (χ4n) is 2.13. The van der Waals surface area contributed by atoms with Gasteiger partial charge in [-0.05, 0) is 42.5 Å². The van der Waals surface area contributed by atoms with Crippen LogP contribution in [0.4, 0.5) is 0 Å². The Morgan fingerprint density at radius 2 is 1.88 bits per heavy atom. The first-order chi connectivity index (χ1) is 11.5. The third-order valence-electron chi connectivity index (χ3n) is 3.23. The van der Waals surface area contributed by atoms with Crippen LogP contribution < -0.4 is 15.1 Å². The van der Waals surface area contributed by atoms with Crippen molar-refractivity contribution in [3.63, 3.8) is 0 Å². The Bertz CT molecular complexity index is 979. The van der Waals surface area contributed by atoms with Gasteiger partial charge in [-0.2, -0.15) is 0 Å². The van der Waals surface area contributed by atoms with Gasteiger partial charge in [0.1, 0.15) is 11.3 Å². The molecule has 0 radical (unpaired) electrons. The van der Waals surface area contributed by atoms with E-state index >= 15 is 0 Å². The van der Waals surface area contributed by atoms with Gasteiger partial charge in [-0.15, -0.1) is 0 Å². The van der Waals surface area contributed by atoms with Crippen LogP contribution in [0.15, 0.2) is 56.1 Å². The van der Waals surface area contributed by atoms with E-state index in [0.717, 1.165) is 4.47 Å². The molecule has 0 fully saturated rings. The van der Waals surface area contributed by atoms with Crippen molar-refractivity contribution in [3.05, 3.63) is 67.9 Å². The highest BCUT2D eigenvalue weighted by molar-refractivity contribution is 9.10. The molecule has 1 aromatic heterocycles. The zero-order valence-electron chi connectivity index (χ0n) is 12.3. The number of hydrogen-bond donors (Lipinski definition) is 0. The highest BCUT2D eigenvalue weighted by Gasteiger charge is 2.18. The van der Waals surface area contributed by atoms with Crippen LogP contribution in [0.5, 0.6) is 11.5 Å². The number of rotatable bonds is 3. The van der Waals surface area contributed by atoms with Crippen LogP contribution in [-0.4, -0.2) is 13.1 Å². The van der Waals surface area contributed by atoms with Crippen LogP contribution in [-0.2, 0) is 0 Å². The van der Waals surface area contributed by atoms with Crippen molar-refractivity contribution in [2.24, 2.45) is 0 Å². The summed E-state index contributed by atoms with van der Waals surface area (Å²) in [6.45, 7) is 0. The van der Waals surface area contributed by atoms with E-state index in [4.69, 9.17) is 25.5 Å². The van der Waals surface area contributed by atoms with Crippen LogP contribution in [0.2, 0.25) is 5.02 Å². The molecular weight excluding hydrogens is 400 g/mol. The molecule has 7 heteroatoms. The molecule has 0 aliphatic rings. The van der Waals surface area contributed by atoms with Gasteiger partial charge in [0, 0.05) is 14.9 Å². The van der Waals surface area contributed by atoms with E-state index in [9.17, 15) is 9.59 Å². The number of carbonyl (C=O) groups is 1. The summed E-state index contributed by atoms with van der Waals surface area (Å²) in [4.78, 5) is 24.4. The lowest BCUT2D eigenvalue weighted by molar-refractivity contribution is 0.0730. The van der Waals surface area contributed by atoms with Crippen molar-refractivity contribution >= 4 is 44.5 Å². The number of esters is 1. The smallest absolute Gasteiger partial charge is 0.351 e. The summed E-state index contributed by atoms with van der Waals surface area (Å²) in [7, 11) is 1.46. The van der Waals surface area contributed by atoms with Crippen LogP contribution >= 0.6 is 27.5 Å². The first-order valence-corrected chi connectivity index (χ1v) is 7.94. The Kier molecular flexibility index (Phi) is 4.59. The molecule has 0 saturated heterocycles. The molecule has 0 aliphatic carbocycles. The van der Waals surface area contributed by atoms with Crippen molar-refractivity contribution in [2.45, 2.75) is 0 Å². The molecule has 122 valence electrons. The van der Waals surface area contributed by atoms with Crippen LogP contribution in [0.1, 0.15) is 10.4 Å².